The molecule has 0 aromatic heterocycles. The highest BCUT2D eigenvalue weighted by Gasteiger charge is 2.01. The highest BCUT2D eigenvalue weighted by molar-refractivity contribution is 6.65. The Labute approximate surface area is 84.6 Å². The molecular formula is C8H8Cl2OSi. The van der Waals surface area contributed by atoms with Gasteiger partial charge in [0.05, 0.1) is 6.61 Å². The van der Waals surface area contributed by atoms with Gasteiger partial charge in [0.1, 0.15) is 4.46 Å². The Hall–Kier alpha value is -0.0231. The molecule has 0 aliphatic heterocycles. The number of rotatable bonds is 4. The average molecular weight is 219 g/mol. The molecule has 2 radical (unpaired) electrons. The Morgan fingerprint density at radius 2 is 1.92 bits per heavy atom. The van der Waals surface area contributed by atoms with E-state index in [2.05, 4.69) is 0 Å². The maximum atomic E-state index is 5.50. The minimum absolute atomic E-state index is 0.145. The lowest BCUT2D eigenvalue weighted by atomic mass is 10.2. The van der Waals surface area contributed by atoms with Gasteiger partial charge in [-0.15, -0.1) is 23.2 Å². The van der Waals surface area contributed by atoms with Crippen LogP contribution in [0.15, 0.2) is 30.3 Å². The third kappa shape index (κ3) is 4.12. The molecule has 0 aliphatic carbocycles. The molecule has 0 amide bonds. The predicted molar refractivity (Wildman–Crippen MR) is 52.5 cm³/mol. The van der Waals surface area contributed by atoms with Crippen LogP contribution in [0.2, 0.25) is 0 Å². The van der Waals surface area contributed by atoms with Crippen LogP contribution >= 0.6 is 23.2 Å². The number of hydrogen-bond acceptors (Lipinski definition) is 1. The first-order valence-electron chi connectivity index (χ1n) is 3.48. The van der Waals surface area contributed by atoms with Gasteiger partial charge in [-0.05, 0) is 5.56 Å². The van der Waals surface area contributed by atoms with Gasteiger partial charge in [-0.2, -0.15) is 0 Å². The second kappa shape index (κ2) is 5.59. The molecule has 0 aliphatic rings. The van der Waals surface area contributed by atoms with Crippen molar-refractivity contribution < 1.29 is 4.43 Å². The standard InChI is InChI=1S/C8H8Cl2OSi/c9-8(10)12-11-6-7-4-2-1-3-5-7/h1-5,8H,6H2. The molecule has 0 heterocycles. The van der Waals surface area contributed by atoms with Crippen molar-refractivity contribution in [2.75, 3.05) is 0 Å². The van der Waals surface area contributed by atoms with Gasteiger partial charge >= 0.3 is 0 Å². The molecule has 0 fully saturated rings. The van der Waals surface area contributed by atoms with Crippen molar-refractivity contribution >= 4 is 33.0 Å². The lowest BCUT2D eigenvalue weighted by molar-refractivity contribution is 0.325. The topological polar surface area (TPSA) is 9.23 Å². The molecule has 1 aromatic rings. The van der Waals surface area contributed by atoms with E-state index < -0.39 is 4.46 Å². The van der Waals surface area contributed by atoms with Crippen molar-refractivity contribution in [1.82, 2.24) is 0 Å². The van der Waals surface area contributed by atoms with Gasteiger partial charge in [0.2, 0.25) is 0 Å². The second-order valence-corrected chi connectivity index (χ2v) is 5.12. The molecule has 1 rings (SSSR count). The molecule has 64 valence electrons. The number of benzene rings is 1. The Morgan fingerprint density at radius 3 is 2.50 bits per heavy atom. The summed E-state index contributed by atoms with van der Waals surface area (Å²) in [5.41, 5.74) is 1.14. The summed E-state index contributed by atoms with van der Waals surface area (Å²) in [5, 5.41) is 0. The third-order valence-corrected chi connectivity index (χ3v) is 2.28. The lowest BCUT2D eigenvalue weighted by Gasteiger charge is -2.02. The zero-order valence-electron chi connectivity index (χ0n) is 6.34. The normalized spacial score (nSPS) is 10.6. The molecule has 1 aromatic carbocycles. The second-order valence-electron chi connectivity index (χ2n) is 2.19. The van der Waals surface area contributed by atoms with Crippen LogP contribution in [0.5, 0.6) is 0 Å². The van der Waals surface area contributed by atoms with Crippen LogP contribution in [0, 0.1) is 0 Å². The van der Waals surface area contributed by atoms with Crippen molar-refractivity contribution in [3.05, 3.63) is 35.9 Å². The molecule has 0 bridgehead atoms. The van der Waals surface area contributed by atoms with Crippen molar-refractivity contribution in [2.45, 2.75) is 11.1 Å². The first-order chi connectivity index (χ1) is 5.79. The molecule has 12 heavy (non-hydrogen) atoms. The number of alkyl halides is 2. The van der Waals surface area contributed by atoms with Crippen LogP contribution in [0.3, 0.4) is 0 Å². The zero-order chi connectivity index (χ0) is 8.81. The van der Waals surface area contributed by atoms with Gasteiger partial charge in [-0.3, -0.25) is 0 Å². The van der Waals surface area contributed by atoms with E-state index in [0.717, 1.165) is 5.56 Å². The smallest absolute Gasteiger partial charge is 0.266 e. The first-order valence-corrected chi connectivity index (χ1v) is 5.34. The van der Waals surface area contributed by atoms with Crippen LogP contribution in [0.25, 0.3) is 0 Å². The molecule has 0 spiro atoms. The van der Waals surface area contributed by atoms with Crippen molar-refractivity contribution in [3.63, 3.8) is 0 Å². The van der Waals surface area contributed by atoms with E-state index >= 15 is 0 Å². The van der Waals surface area contributed by atoms with Crippen LogP contribution in [-0.2, 0) is 11.0 Å². The third-order valence-electron chi connectivity index (χ3n) is 1.25. The monoisotopic (exact) mass is 218 g/mol. The van der Waals surface area contributed by atoms with E-state index in [0.29, 0.717) is 6.61 Å². The van der Waals surface area contributed by atoms with E-state index in [1.165, 1.54) is 0 Å². The Bertz CT molecular complexity index is 216. The largest absolute Gasteiger partial charge is 0.410 e. The molecular weight excluding hydrogens is 211 g/mol. The average Bonchev–Trinajstić information content (AvgIpc) is 2.05. The fourth-order valence-electron chi connectivity index (χ4n) is 0.762. The van der Waals surface area contributed by atoms with E-state index in [1.807, 2.05) is 30.3 Å². The minimum Gasteiger partial charge on any atom is -0.410 e. The van der Waals surface area contributed by atoms with Gasteiger partial charge < -0.3 is 4.43 Å². The Morgan fingerprint density at radius 1 is 1.25 bits per heavy atom. The number of hydrogen-bond donors (Lipinski definition) is 0. The van der Waals surface area contributed by atoms with Gasteiger partial charge in [0.15, 0.2) is 0 Å². The lowest BCUT2D eigenvalue weighted by Crippen LogP contribution is -2.06. The summed E-state index contributed by atoms with van der Waals surface area (Å²) in [6.07, 6.45) is 0. The van der Waals surface area contributed by atoms with E-state index in [-0.39, 0.29) is 9.76 Å². The van der Waals surface area contributed by atoms with Crippen molar-refractivity contribution in [1.29, 1.82) is 0 Å². The Balaban J connectivity index is 2.25. The van der Waals surface area contributed by atoms with Crippen molar-refractivity contribution in [3.8, 4) is 0 Å². The summed E-state index contributed by atoms with van der Waals surface area (Å²) >= 11 is 11.0. The summed E-state index contributed by atoms with van der Waals surface area (Å²) < 4.78 is 4.84. The highest BCUT2D eigenvalue weighted by Crippen LogP contribution is 2.03. The van der Waals surface area contributed by atoms with E-state index in [1.54, 1.807) is 0 Å². The van der Waals surface area contributed by atoms with Crippen LogP contribution in [-0.4, -0.2) is 14.2 Å². The number of halogens is 2. The summed E-state index contributed by atoms with van der Waals surface area (Å²) in [7, 11) is 0.145. The van der Waals surface area contributed by atoms with Crippen LogP contribution < -0.4 is 0 Å². The summed E-state index contributed by atoms with van der Waals surface area (Å²) in [5.74, 6) is 0. The Kier molecular flexibility index (Phi) is 4.69. The molecule has 0 N–H and O–H groups in total. The van der Waals surface area contributed by atoms with Gasteiger partial charge in [-0.25, -0.2) is 0 Å². The molecule has 0 saturated carbocycles. The molecule has 1 nitrogen and oxygen atoms in total. The predicted octanol–water partition coefficient (Wildman–Crippen LogP) is 2.58. The van der Waals surface area contributed by atoms with Gasteiger partial charge in [0, 0.05) is 0 Å². The minimum atomic E-state index is -0.409. The molecule has 0 atom stereocenters. The van der Waals surface area contributed by atoms with Gasteiger partial charge in [0.25, 0.3) is 9.76 Å². The first kappa shape index (κ1) is 10.1. The van der Waals surface area contributed by atoms with Crippen LogP contribution in [0.1, 0.15) is 5.56 Å². The summed E-state index contributed by atoms with van der Waals surface area (Å²) in [4.78, 5) is 0. The molecule has 0 saturated heterocycles. The van der Waals surface area contributed by atoms with Crippen molar-refractivity contribution in [2.24, 2.45) is 0 Å². The van der Waals surface area contributed by atoms with Crippen LogP contribution in [0.4, 0.5) is 0 Å². The SMILES string of the molecule is ClC(Cl)[Si]OCc1ccccc1. The molecule has 4 heteroatoms. The maximum Gasteiger partial charge on any atom is 0.266 e. The van der Waals surface area contributed by atoms with E-state index in [9.17, 15) is 0 Å². The fraction of sp³-hybridized carbons (Fsp3) is 0.250. The maximum absolute atomic E-state index is 5.50. The molecule has 0 unspecified atom stereocenters. The van der Waals surface area contributed by atoms with Gasteiger partial charge in [-0.1, -0.05) is 30.3 Å². The summed E-state index contributed by atoms with van der Waals surface area (Å²) in [6, 6.07) is 9.92. The highest BCUT2D eigenvalue weighted by atomic mass is 35.5. The summed E-state index contributed by atoms with van der Waals surface area (Å²) in [6.45, 7) is 0.579. The quantitative estimate of drug-likeness (QED) is 0.558. The zero-order valence-corrected chi connectivity index (χ0v) is 8.85. The fourth-order valence-corrected chi connectivity index (χ4v) is 1.52. The van der Waals surface area contributed by atoms with E-state index in [4.69, 9.17) is 27.6 Å².